The van der Waals surface area contributed by atoms with Gasteiger partial charge in [0.1, 0.15) is 17.7 Å². The van der Waals surface area contributed by atoms with Crippen molar-refractivity contribution in [3.8, 4) is 0 Å². The number of H-pyrrole nitrogens is 1. The van der Waals surface area contributed by atoms with Crippen molar-refractivity contribution in [3.63, 3.8) is 0 Å². The second-order valence-corrected chi connectivity index (χ2v) is 5.62. The van der Waals surface area contributed by atoms with Gasteiger partial charge in [-0.2, -0.15) is 5.10 Å². The first-order chi connectivity index (χ1) is 9.49. The first-order valence-corrected chi connectivity index (χ1v) is 6.85. The summed E-state index contributed by atoms with van der Waals surface area (Å²) in [4.78, 5) is 28.5. The van der Waals surface area contributed by atoms with Crippen LogP contribution in [0.4, 0.5) is 0 Å². The van der Waals surface area contributed by atoms with E-state index in [1.807, 2.05) is 5.38 Å². The lowest BCUT2D eigenvalue weighted by Crippen LogP contribution is -2.54. The van der Waals surface area contributed by atoms with E-state index >= 15 is 0 Å². The maximum Gasteiger partial charge on any atom is 0.262 e. The molecule has 0 aliphatic rings. The summed E-state index contributed by atoms with van der Waals surface area (Å²) in [6, 6.07) is 3.50. The zero-order valence-corrected chi connectivity index (χ0v) is 12.0. The van der Waals surface area contributed by atoms with Crippen LogP contribution in [-0.4, -0.2) is 32.5 Å². The van der Waals surface area contributed by atoms with E-state index in [1.54, 1.807) is 26.0 Å². The average molecular weight is 293 g/mol. The average Bonchev–Trinajstić information content (AvgIpc) is 3.08. The van der Waals surface area contributed by atoms with Crippen molar-refractivity contribution in [1.29, 1.82) is 0 Å². The Morgan fingerprint density at radius 1 is 1.45 bits per heavy atom. The third kappa shape index (κ3) is 3.41. The van der Waals surface area contributed by atoms with Crippen molar-refractivity contribution in [2.75, 3.05) is 0 Å². The summed E-state index contributed by atoms with van der Waals surface area (Å²) in [5.74, 6) is -0.00245. The highest BCUT2D eigenvalue weighted by atomic mass is 32.1. The normalized spacial score (nSPS) is 11.1. The predicted molar refractivity (Wildman–Crippen MR) is 74.1 cm³/mol. The third-order valence-corrected chi connectivity index (χ3v) is 3.49. The van der Waals surface area contributed by atoms with Gasteiger partial charge < -0.3 is 10.6 Å². The predicted octanol–water partition coefficient (Wildman–Crippen LogP) is 0.691. The molecule has 0 aliphatic carbocycles. The minimum atomic E-state index is -1.01. The Kier molecular flexibility index (Phi) is 4.14. The molecule has 2 aromatic heterocycles. The van der Waals surface area contributed by atoms with E-state index in [-0.39, 0.29) is 18.4 Å². The van der Waals surface area contributed by atoms with Gasteiger partial charge in [0, 0.05) is 0 Å². The molecule has 0 fully saturated rings. The fourth-order valence-electron chi connectivity index (χ4n) is 1.51. The second kappa shape index (κ2) is 5.83. The molecule has 7 nitrogen and oxygen atoms in total. The monoisotopic (exact) mass is 293 g/mol. The van der Waals surface area contributed by atoms with E-state index in [9.17, 15) is 9.59 Å². The summed E-state index contributed by atoms with van der Waals surface area (Å²) < 4.78 is 0. The summed E-state index contributed by atoms with van der Waals surface area (Å²) in [6.07, 6.45) is 1.37. The summed E-state index contributed by atoms with van der Waals surface area (Å²) in [6.45, 7) is 3.53. The van der Waals surface area contributed by atoms with E-state index in [4.69, 9.17) is 0 Å². The van der Waals surface area contributed by atoms with Crippen LogP contribution in [0.2, 0.25) is 0 Å². The molecule has 0 atom stereocenters. The van der Waals surface area contributed by atoms with Gasteiger partial charge in [-0.15, -0.1) is 11.3 Å². The molecule has 3 N–H and O–H groups in total. The molecular formula is C12H15N5O2S. The second-order valence-electron chi connectivity index (χ2n) is 4.67. The van der Waals surface area contributed by atoms with Gasteiger partial charge in [-0.25, -0.2) is 4.98 Å². The SMILES string of the molecule is CC(C)(NC(=O)c1cccs1)C(=O)NCc1ncn[nH]1. The van der Waals surface area contributed by atoms with Crippen molar-refractivity contribution in [3.05, 3.63) is 34.5 Å². The zero-order valence-electron chi connectivity index (χ0n) is 11.1. The molecule has 2 heterocycles. The van der Waals surface area contributed by atoms with Gasteiger partial charge in [-0.1, -0.05) is 6.07 Å². The Balaban J connectivity index is 1.91. The van der Waals surface area contributed by atoms with Crippen LogP contribution in [-0.2, 0) is 11.3 Å². The molecule has 2 rings (SSSR count). The van der Waals surface area contributed by atoms with Crippen LogP contribution in [0, 0.1) is 0 Å². The van der Waals surface area contributed by atoms with Crippen LogP contribution in [0.5, 0.6) is 0 Å². The molecule has 0 bridgehead atoms. The molecule has 0 unspecified atom stereocenters. The molecule has 2 aromatic rings. The summed E-state index contributed by atoms with van der Waals surface area (Å²) in [7, 11) is 0. The topological polar surface area (TPSA) is 99.8 Å². The number of carbonyl (C=O) groups excluding carboxylic acids is 2. The van der Waals surface area contributed by atoms with Crippen molar-refractivity contribution >= 4 is 23.2 Å². The van der Waals surface area contributed by atoms with Gasteiger partial charge in [-0.3, -0.25) is 14.7 Å². The molecule has 0 radical (unpaired) electrons. The quantitative estimate of drug-likeness (QED) is 0.755. The Morgan fingerprint density at radius 2 is 2.25 bits per heavy atom. The molecule has 2 amide bonds. The lowest BCUT2D eigenvalue weighted by molar-refractivity contribution is -0.126. The van der Waals surface area contributed by atoms with Crippen LogP contribution >= 0.6 is 11.3 Å². The number of carbonyl (C=O) groups is 2. The van der Waals surface area contributed by atoms with Crippen LogP contribution < -0.4 is 10.6 Å². The number of rotatable bonds is 5. The van der Waals surface area contributed by atoms with Gasteiger partial charge in [0.05, 0.1) is 11.4 Å². The zero-order chi connectivity index (χ0) is 14.6. The van der Waals surface area contributed by atoms with Crippen LogP contribution in [0.3, 0.4) is 0 Å². The van der Waals surface area contributed by atoms with Crippen molar-refractivity contribution in [2.45, 2.75) is 25.9 Å². The molecule has 0 aliphatic heterocycles. The van der Waals surface area contributed by atoms with Gasteiger partial charge in [0.15, 0.2) is 0 Å². The standard InChI is InChI=1S/C12H15N5O2S/c1-12(2,16-10(18)8-4-3-5-20-8)11(19)13-6-9-14-7-15-17-9/h3-5,7H,6H2,1-2H3,(H,13,19)(H,16,18)(H,14,15,17). The fourth-order valence-corrected chi connectivity index (χ4v) is 2.13. The highest BCUT2D eigenvalue weighted by molar-refractivity contribution is 7.12. The molecule has 0 saturated carbocycles. The molecule has 0 spiro atoms. The maximum absolute atomic E-state index is 12.1. The van der Waals surface area contributed by atoms with Gasteiger partial charge in [0.25, 0.3) is 5.91 Å². The fraction of sp³-hybridized carbons (Fsp3) is 0.333. The van der Waals surface area contributed by atoms with E-state index in [1.165, 1.54) is 17.7 Å². The van der Waals surface area contributed by atoms with Gasteiger partial charge in [-0.05, 0) is 25.3 Å². The highest BCUT2D eigenvalue weighted by Crippen LogP contribution is 2.11. The van der Waals surface area contributed by atoms with E-state index in [2.05, 4.69) is 25.8 Å². The first-order valence-electron chi connectivity index (χ1n) is 5.97. The lowest BCUT2D eigenvalue weighted by Gasteiger charge is -2.24. The van der Waals surface area contributed by atoms with E-state index in [0.717, 1.165) is 0 Å². The number of nitrogens with zero attached hydrogens (tertiary/aromatic N) is 2. The van der Waals surface area contributed by atoms with Crippen molar-refractivity contribution < 1.29 is 9.59 Å². The minimum Gasteiger partial charge on any atom is -0.347 e. The molecule has 106 valence electrons. The van der Waals surface area contributed by atoms with Crippen LogP contribution in [0.25, 0.3) is 0 Å². The number of thiophene rings is 1. The number of amides is 2. The Labute approximate surface area is 119 Å². The molecule has 0 aromatic carbocycles. The van der Waals surface area contributed by atoms with E-state index < -0.39 is 5.54 Å². The summed E-state index contributed by atoms with van der Waals surface area (Å²) in [5, 5.41) is 13.5. The summed E-state index contributed by atoms with van der Waals surface area (Å²) >= 11 is 1.33. The Hall–Kier alpha value is -2.22. The lowest BCUT2D eigenvalue weighted by atomic mass is 10.0. The van der Waals surface area contributed by atoms with Crippen molar-refractivity contribution in [2.24, 2.45) is 0 Å². The summed E-state index contributed by atoms with van der Waals surface area (Å²) in [5.41, 5.74) is -1.01. The molecule has 0 saturated heterocycles. The number of aromatic nitrogens is 3. The van der Waals surface area contributed by atoms with Crippen LogP contribution in [0.15, 0.2) is 23.8 Å². The maximum atomic E-state index is 12.1. The Bertz CT molecular complexity index is 577. The van der Waals surface area contributed by atoms with E-state index in [0.29, 0.717) is 10.7 Å². The van der Waals surface area contributed by atoms with Crippen LogP contribution in [0.1, 0.15) is 29.3 Å². The highest BCUT2D eigenvalue weighted by Gasteiger charge is 2.29. The molecule has 20 heavy (non-hydrogen) atoms. The number of nitrogens with one attached hydrogen (secondary N) is 3. The molecular weight excluding hydrogens is 278 g/mol. The largest absolute Gasteiger partial charge is 0.347 e. The number of hydrogen-bond acceptors (Lipinski definition) is 5. The van der Waals surface area contributed by atoms with Gasteiger partial charge >= 0.3 is 0 Å². The van der Waals surface area contributed by atoms with Gasteiger partial charge in [0.2, 0.25) is 5.91 Å². The Morgan fingerprint density at radius 3 is 2.85 bits per heavy atom. The first kappa shape index (κ1) is 14.2. The minimum absolute atomic E-state index is 0.233. The van der Waals surface area contributed by atoms with Crippen molar-refractivity contribution in [1.82, 2.24) is 25.8 Å². The molecule has 8 heteroatoms. The number of hydrogen-bond donors (Lipinski definition) is 3. The number of aromatic amines is 1. The third-order valence-electron chi connectivity index (χ3n) is 2.62. The smallest absolute Gasteiger partial charge is 0.262 e.